The molecule has 0 amide bonds. The number of hydrogen-bond acceptors (Lipinski definition) is 1. The molecule has 1 rings (SSSR count). The van der Waals surface area contributed by atoms with E-state index in [0.717, 1.165) is 5.56 Å². The van der Waals surface area contributed by atoms with Crippen molar-refractivity contribution >= 4 is 5.69 Å². The van der Waals surface area contributed by atoms with Gasteiger partial charge in [0.2, 0.25) is 0 Å². The van der Waals surface area contributed by atoms with E-state index in [4.69, 9.17) is 5.73 Å². The lowest BCUT2D eigenvalue weighted by atomic mass is 10.1. The molecular weight excluding hydrogens is 141 g/mol. The fourth-order valence-corrected chi connectivity index (χ4v) is 1.03. The van der Waals surface area contributed by atoms with Crippen LogP contribution in [0.2, 0.25) is 0 Å². The van der Waals surface area contributed by atoms with E-state index in [0.29, 0.717) is 17.7 Å². The zero-order chi connectivity index (χ0) is 8.43. The number of nitrogens with two attached hydrogens (primary N) is 1. The first-order chi connectivity index (χ1) is 5.16. The van der Waals surface area contributed by atoms with Gasteiger partial charge in [-0.05, 0) is 25.0 Å². The molecule has 2 N–H and O–H groups in total. The Labute approximate surface area is 66.0 Å². The first-order valence-electron chi connectivity index (χ1n) is 3.70. The summed E-state index contributed by atoms with van der Waals surface area (Å²) in [4.78, 5) is 0. The van der Waals surface area contributed by atoms with Crippen molar-refractivity contribution in [3.05, 3.63) is 29.1 Å². The van der Waals surface area contributed by atoms with Crippen LogP contribution in [0.5, 0.6) is 0 Å². The summed E-state index contributed by atoms with van der Waals surface area (Å²) >= 11 is 0. The van der Waals surface area contributed by atoms with Crippen LogP contribution in [0.25, 0.3) is 0 Å². The largest absolute Gasteiger partial charge is 0.398 e. The summed E-state index contributed by atoms with van der Waals surface area (Å²) in [6.45, 7) is 3.62. The average Bonchev–Trinajstić information content (AvgIpc) is 2.01. The van der Waals surface area contributed by atoms with Gasteiger partial charge < -0.3 is 5.73 Å². The molecule has 0 radical (unpaired) electrons. The van der Waals surface area contributed by atoms with E-state index in [9.17, 15) is 4.39 Å². The van der Waals surface area contributed by atoms with E-state index in [1.54, 1.807) is 19.1 Å². The van der Waals surface area contributed by atoms with Crippen molar-refractivity contribution in [2.45, 2.75) is 20.3 Å². The summed E-state index contributed by atoms with van der Waals surface area (Å²) in [5.74, 6) is -0.160. The Morgan fingerprint density at radius 3 is 2.64 bits per heavy atom. The first-order valence-corrected chi connectivity index (χ1v) is 3.70. The lowest BCUT2D eigenvalue weighted by Crippen LogP contribution is -1.96. The first kappa shape index (κ1) is 8.05. The van der Waals surface area contributed by atoms with Crippen molar-refractivity contribution in [1.82, 2.24) is 0 Å². The molecule has 0 unspecified atom stereocenters. The van der Waals surface area contributed by atoms with Crippen LogP contribution in [0, 0.1) is 12.7 Å². The molecule has 0 fully saturated rings. The molecule has 0 aromatic heterocycles. The van der Waals surface area contributed by atoms with E-state index in [2.05, 4.69) is 0 Å². The number of rotatable bonds is 1. The molecular formula is C9H12FN. The summed E-state index contributed by atoms with van der Waals surface area (Å²) in [7, 11) is 0. The van der Waals surface area contributed by atoms with Crippen molar-refractivity contribution in [3.63, 3.8) is 0 Å². The second kappa shape index (κ2) is 2.91. The normalized spacial score (nSPS) is 10.1. The molecule has 1 nitrogen and oxygen atoms in total. The highest BCUT2D eigenvalue weighted by Crippen LogP contribution is 2.18. The van der Waals surface area contributed by atoms with Crippen LogP contribution < -0.4 is 5.73 Å². The highest BCUT2D eigenvalue weighted by Gasteiger charge is 2.04. The van der Waals surface area contributed by atoms with Crippen LogP contribution in [0.1, 0.15) is 18.1 Å². The fraction of sp³-hybridized carbons (Fsp3) is 0.333. The van der Waals surface area contributed by atoms with Gasteiger partial charge in [-0.15, -0.1) is 0 Å². The van der Waals surface area contributed by atoms with Crippen LogP contribution in [0.3, 0.4) is 0 Å². The maximum atomic E-state index is 13.2. The molecule has 0 aliphatic rings. The number of halogens is 1. The van der Waals surface area contributed by atoms with E-state index >= 15 is 0 Å². The third-order valence-corrected chi connectivity index (χ3v) is 1.89. The fourth-order valence-electron chi connectivity index (χ4n) is 1.03. The van der Waals surface area contributed by atoms with Gasteiger partial charge in [-0.3, -0.25) is 0 Å². The Hall–Kier alpha value is -1.05. The topological polar surface area (TPSA) is 26.0 Å². The molecule has 60 valence electrons. The van der Waals surface area contributed by atoms with E-state index in [1.807, 2.05) is 6.92 Å². The second-order valence-corrected chi connectivity index (χ2v) is 2.61. The van der Waals surface area contributed by atoms with Crippen LogP contribution in [-0.4, -0.2) is 0 Å². The van der Waals surface area contributed by atoms with E-state index in [-0.39, 0.29) is 5.82 Å². The van der Waals surface area contributed by atoms with Gasteiger partial charge in [0, 0.05) is 11.3 Å². The minimum Gasteiger partial charge on any atom is -0.398 e. The van der Waals surface area contributed by atoms with Crippen molar-refractivity contribution in [2.75, 3.05) is 5.73 Å². The number of hydrogen-bond donors (Lipinski definition) is 1. The van der Waals surface area contributed by atoms with Crippen LogP contribution in [0.4, 0.5) is 10.1 Å². The average molecular weight is 153 g/mol. The quantitative estimate of drug-likeness (QED) is 0.615. The number of aryl methyl sites for hydroxylation is 1. The Balaban J connectivity index is 3.25. The minimum atomic E-state index is -0.160. The summed E-state index contributed by atoms with van der Waals surface area (Å²) in [5.41, 5.74) is 7.32. The molecule has 0 spiro atoms. The van der Waals surface area contributed by atoms with Crippen molar-refractivity contribution < 1.29 is 4.39 Å². The lowest BCUT2D eigenvalue weighted by molar-refractivity contribution is 0.604. The SMILES string of the molecule is CCc1ccc(N)c(C)c1F. The molecule has 1 aromatic rings. The van der Waals surface area contributed by atoms with Gasteiger partial charge in [0.05, 0.1) is 0 Å². The molecule has 1 aromatic carbocycles. The third kappa shape index (κ3) is 1.34. The maximum absolute atomic E-state index is 13.2. The van der Waals surface area contributed by atoms with Gasteiger partial charge in [-0.1, -0.05) is 13.0 Å². The monoisotopic (exact) mass is 153 g/mol. The van der Waals surface area contributed by atoms with Gasteiger partial charge in [-0.25, -0.2) is 4.39 Å². The number of anilines is 1. The molecule has 0 atom stereocenters. The van der Waals surface area contributed by atoms with Crippen LogP contribution >= 0.6 is 0 Å². The molecule has 0 saturated carbocycles. The third-order valence-electron chi connectivity index (χ3n) is 1.89. The number of benzene rings is 1. The highest BCUT2D eigenvalue weighted by molar-refractivity contribution is 5.48. The Morgan fingerprint density at radius 1 is 1.45 bits per heavy atom. The molecule has 0 bridgehead atoms. The molecule has 2 heteroatoms. The zero-order valence-corrected chi connectivity index (χ0v) is 6.82. The predicted octanol–water partition coefficient (Wildman–Crippen LogP) is 2.28. The molecule has 0 saturated heterocycles. The standard InChI is InChI=1S/C9H12FN/c1-3-7-4-5-8(11)6(2)9(7)10/h4-5H,3,11H2,1-2H3. The van der Waals surface area contributed by atoms with Gasteiger partial charge in [0.15, 0.2) is 0 Å². The highest BCUT2D eigenvalue weighted by atomic mass is 19.1. The zero-order valence-electron chi connectivity index (χ0n) is 6.82. The Morgan fingerprint density at radius 2 is 2.09 bits per heavy atom. The van der Waals surface area contributed by atoms with Crippen molar-refractivity contribution in [3.8, 4) is 0 Å². The van der Waals surface area contributed by atoms with Crippen molar-refractivity contribution in [2.24, 2.45) is 0 Å². The van der Waals surface area contributed by atoms with Gasteiger partial charge in [0.1, 0.15) is 5.82 Å². The van der Waals surface area contributed by atoms with Crippen LogP contribution in [0.15, 0.2) is 12.1 Å². The molecule has 11 heavy (non-hydrogen) atoms. The summed E-state index contributed by atoms with van der Waals surface area (Å²) < 4.78 is 13.2. The molecule has 0 aliphatic carbocycles. The number of nitrogen functional groups attached to an aromatic ring is 1. The van der Waals surface area contributed by atoms with Gasteiger partial charge in [0.25, 0.3) is 0 Å². The summed E-state index contributed by atoms with van der Waals surface area (Å²) in [6, 6.07) is 3.48. The van der Waals surface area contributed by atoms with E-state index in [1.165, 1.54) is 0 Å². The van der Waals surface area contributed by atoms with Crippen LogP contribution in [-0.2, 0) is 6.42 Å². The second-order valence-electron chi connectivity index (χ2n) is 2.61. The smallest absolute Gasteiger partial charge is 0.131 e. The summed E-state index contributed by atoms with van der Waals surface area (Å²) in [6.07, 6.45) is 0.715. The minimum absolute atomic E-state index is 0.160. The molecule has 0 aliphatic heterocycles. The van der Waals surface area contributed by atoms with Gasteiger partial charge in [-0.2, -0.15) is 0 Å². The molecule has 0 heterocycles. The lowest BCUT2D eigenvalue weighted by Gasteiger charge is -2.04. The summed E-state index contributed by atoms with van der Waals surface area (Å²) in [5, 5.41) is 0. The Kier molecular flexibility index (Phi) is 2.13. The predicted molar refractivity (Wildman–Crippen MR) is 44.9 cm³/mol. The Bertz CT molecular complexity index is 269. The maximum Gasteiger partial charge on any atom is 0.131 e. The van der Waals surface area contributed by atoms with E-state index < -0.39 is 0 Å². The van der Waals surface area contributed by atoms with Crippen molar-refractivity contribution in [1.29, 1.82) is 0 Å². The van der Waals surface area contributed by atoms with Gasteiger partial charge >= 0.3 is 0 Å².